The maximum Gasteiger partial charge on any atom is 0.209 e. The zero-order valence-corrected chi connectivity index (χ0v) is 10.5. The lowest BCUT2D eigenvalue weighted by Gasteiger charge is -2.11. The van der Waals surface area contributed by atoms with E-state index < -0.39 is 0 Å². The van der Waals surface area contributed by atoms with Crippen LogP contribution in [0.25, 0.3) is 0 Å². The van der Waals surface area contributed by atoms with E-state index in [4.69, 9.17) is 11.6 Å². The van der Waals surface area contributed by atoms with Crippen LogP contribution in [0.2, 0.25) is 5.02 Å². The highest BCUT2D eigenvalue weighted by Gasteiger charge is 2.13. The van der Waals surface area contributed by atoms with Crippen molar-refractivity contribution >= 4 is 23.4 Å². The minimum atomic E-state index is 0.221. The Kier molecular flexibility index (Phi) is 3.46. The third-order valence-electron chi connectivity index (χ3n) is 2.21. The van der Waals surface area contributed by atoms with E-state index >= 15 is 0 Å². The lowest BCUT2D eigenvalue weighted by Crippen LogP contribution is -1.96. The third-order valence-corrected chi connectivity index (χ3v) is 3.72. The second-order valence-corrected chi connectivity index (χ2v) is 5.08. The van der Waals surface area contributed by atoms with Gasteiger partial charge in [0.25, 0.3) is 0 Å². The van der Waals surface area contributed by atoms with E-state index in [2.05, 4.69) is 22.4 Å². The van der Waals surface area contributed by atoms with Gasteiger partial charge in [0, 0.05) is 17.3 Å². The summed E-state index contributed by atoms with van der Waals surface area (Å²) in [6.45, 7) is 2.08. The second-order valence-electron chi connectivity index (χ2n) is 3.37. The highest BCUT2D eigenvalue weighted by Crippen LogP contribution is 2.36. The average Bonchev–Trinajstić information content (AvgIpc) is 2.65. The number of hydrogen-bond acceptors (Lipinski definition) is 4. The van der Waals surface area contributed by atoms with Crippen molar-refractivity contribution < 1.29 is 0 Å². The lowest BCUT2D eigenvalue weighted by atomic mass is 10.2. The minimum absolute atomic E-state index is 0.221. The lowest BCUT2D eigenvalue weighted by molar-refractivity contribution is 0.663. The highest BCUT2D eigenvalue weighted by atomic mass is 35.5. The van der Waals surface area contributed by atoms with Crippen LogP contribution in [0.3, 0.4) is 0 Å². The molecule has 0 fully saturated rings. The molecule has 0 saturated heterocycles. The van der Waals surface area contributed by atoms with Crippen LogP contribution < -0.4 is 0 Å². The number of nitrogens with zero attached hydrogens (tertiary/aromatic N) is 4. The molecule has 0 spiro atoms. The molecule has 1 heterocycles. The van der Waals surface area contributed by atoms with Crippen LogP contribution in [0, 0.1) is 0 Å². The normalized spacial score (nSPS) is 12.7. The number of thioether (sulfide) groups is 1. The van der Waals surface area contributed by atoms with Crippen LogP contribution in [0.1, 0.15) is 17.7 Å². The summed E-state index contributed by atoms with van der Waals surface area (Å²) in [6, 6.07) is 7.81. The zero-order chi connectivity index (χ0) is 11.5. The van der Waals surface area contributed by atoms with E-state index in [1.54, 1.807) is 16.4 Å². The van der Waals surface area contributed by atoms with Crippen LogP contribution in [0.5, 0.6) is 0 Å². The van der Waals surface area contributed by atoms with Crippen molar-refractivity contribution in [1.82, 2.24) is 20.2 Å². The van der Waals surface area contributed by atoms with Crippen LogP contribution >= 0.6 is 23.4 Å². The van der Waals surface area contributed by atoms with Crippen molar-refractivity contribution in [2.45, 2.75) is 17.3 Å². The van der Waals surface area contributed by atoms with Gasteiger partial charge in [-0.15, -0.1) is 5.10 Å². The Bertz CT molecular complexity index is 485. The van der Waals surface area contributed by atoms with Crippen molar-refractivity contribution in [2.75, 3.05) is 0 Å². The van der Waals surface area contributed by atoms with E-state index in [9.17, 15) is 0 Å². The molecular formula is C10H11ClN4S. The van der Waals surface area contributed by atoms with Gasteiger partial charge in [-0.3, -0.25) is 0 Å². The first-order valence-electron chi connectivity index (χ1n) is 4.82. The summed E-state index contributed by atoms with van der Waals surface area (Å²) in [5.41, 5.74) is 1.09. The number of aromatic nitrogens is 4. The van der Waals surface area contributed by atoms with Crippen LogP contribution in [-0.4, -0.2) is 20.2 Å². The molecule has 0 aliphatic rings. The number of rotatable bonds is 3. The molecule has 2 aromatic rings. The van der Waals surface area contributed by atoms with Gasteiger partial charge in [-0.05, 0) is 29.0 Å². The monoisotopic (exact) mass is 254 g/mol. The number of benzene rings is 1. The fourth-order valence-electron chi connectivity index (χ4n) is 1.35. The topological polar surface area (TPSA) is 43.6 Å². The van der Waals surface area contributed by atoms with Crippen molar-refractivity contribution in [3.05, 3.63) is 34.9 Å². The number of tetrazole rings is 1. The van der Waals surface area contributed by atoms with Gasteiger partial charge in [-0.25, -0.2) is 4.68 Å². The molecule has 0 amide bonds. The highest BCUT2D eigenvalue weighted by molar-refractivity contribution is 7.99. The first kappa shape index (κ1) is 11.4. The summed E-state index contributed by atoms with van der Waals surface area (Å²) in [7, 11) is 1.82. The average molecular weight is 255 g/mol. The van der Waals surface area contributed by atoms with Crippen molar-refractivity contribution in [3.8, 4) is 0 Å². The maximum absolute atomic E-state index is 6.13. The second kappa shape index (κ2) is 4.84. The standard InChI is InChI=1S/C10H11ClN4S/c1-7(8-5-3-4-6-9(8)11)16-10-12-13-14-15(10)2/h3-7H,1-2H3. The van der Waals surface area contributed by atoms with Crippen molar-refractivity contribution in [1.29, 1.82) is 0 Å². The molecule has 1 atom stereocenters. The molecule has 16 heavy (non-hydrogen) atoms. The SMILES string of the molecule is CC(Sc1nnnn1C)c1ccccc1Cl. The first-order valence-corrected chi connectivity index (χ1v) is 6.07. The Hall–Kier alpha value is -1.07. The zero-order valence-electron chi connectivity index (χ0n) is 8.96. The molecule has 4 nitrogen and oxygen atoms in total. The van der Waals surface area contributed by atoms with E-state index in [-0.39, 0.29) is 5.25 Å². The van der Waals surface area contributed by atoms with Gasteiger partial charge in [0.2, 0.25) is 5.16 Å². The smallest absolute Gasteiger partial charge is 0.209 e. The molecule has 0 radical (unpaired) electrons. The Morgan fingerprint density at radius 3 is 2.75 bits per heavy atom. The minimum Gasteiger partial charge on any atom is -0.224 e. The Balaban J connectivity index is 2.18. The van der Waals surface area contributed by atoms with Gasteiger partial charge in [0.05, 0.1) is 0 Å². The molecule has 1 unspecified atom stereocenters. The van der Waals surface area contributed by atoms with Gasteiger partial charge in [0.1, 0.15) is 0 Å². The van der Waals surface area contributed by atoms with Gasteiger partial charge < -0.3 is 0 Å². The van der Waals surface area contributed by atoms with Crippen LogP contribution in [0.4, 0.5) is 0 Å². The summed E-state index contributed by atoms with van der Waals surface area (Å²) in [5, 5.41) is 13.1. The Morgan fingerprint density at radius 1 is 1.38 bits per heavy atom. The summed E-state index contributed by atoms with van der Waals surface area (Å²) in [6.07, 6.45) is 0. The predicted octanol–water partition coefficient (Wildman–Crippen LogP) is 2.72. The molecule has 0 saturated carbocycles. The summed E-state index contributed by atoms with van der Waals surface area (Å²) < 4.78 is 1.65. The molecular weight excluding hydrogens is 244 g/mol. The molecule has 1 aromatic carbocycles. The Labute approximate surface area is 103 Å². The van der Waals surface area contributed by atoms with Crippen LogP contribution in [-0.2, 0) is 7.05 Å². The molecule has 2 rings (SSSR count). The van der Waals surface area contributed by atoms with E-state index in [0.29, 0.717) is 0 Å². The van der Waals surface area contributed by atoms with Crippen LogP contribution in [0.15, 0.2) is 29.4 Å². The van der Waals surface area contributed by atoms with E-state index in [0.717, 1.165) is 15.7 Å². The van der Waals surface area contributed by atoms with Crippen molar-refractivity contribution in [2.24, 2.45) is 7.05 Å². The van der Waals surface area contributed by atoms with Gasteiger partial charge >= 0.3 is 0 Å². The molecule has 0 bridgehead atoms. The molecule has 0 N–H and O–H groups in total. The maximum atomic E-state index is 6.13. The van der Waals surface area contributed by atoms with Gasteiger partial charge in [0.15, 0.2) is 0 Å². The predicted molar refractivity (Wildman–Crippen MR) is 64.5 cm³/mol. The Morgan fingerprint density at radius 2 is 2.12 bits per heavy atom. The molecule has 0 aliphatic carbocycles. The van der Waals surface area contributed by atoms with Gasteiger partial charge in [-0.2, -0.15) is 0 Å². The van der Waals surface area contributed by atoms with Crippen molar-refractivity contribution in [3.63, 3.8) is 0 Å². The van der Waals surface area contributed by atoms with E-state index in [1.807, 2.05) is 31.3 Å². The number of aryl methyl sites for hydroxylation is 1. The quantitative estimate of drug-likeness (QED) is 0.790. The summed E-state index contributed by atoms with van der Waals surface area (Å²) in [5.74, 6) is 0. The van der Waals surface area contributed by atoms with E-state index in [1.165, 1.54) is 0 Å². The largest absolute Gasteiger partial charge is 0.224 e. The molecule has 6 heteroatoms. The summed E-state index contributed by atoms with van der Waals surface area (Å²) >= 11 is 7.71. The van der Waals surface area contributed by atoms with Gasteiger partial charge in [-0.1, -0.05) is 41.6 Å². The summed E-state index contributed by atoms with van der Waals surface area (Å²) in [4.78, 5) is 0. The number of hydrogen-bond donors (Lipinski definition) is 0. The fraction of sp³-hybridized carbons (Fsp3) is 0.300. The first-order chi connectivity index (χ1) is 7.68. The fourth-order valence-corrected chi connectivity index (χ4v) is 2.63. The molecule has 1 aromatic heterocycles. The molecule has 84 valence electrons. The number of halogens is 1. The third kappa shape index (κ3) is 2.36. The molecule has 0 aliphatic heterocycles.